The lowest BCUT2D eigenvalue weighted by molar-refractivity contribution is -0.137. The van der Waals surface area contributed by atoms with Gasteiger partial charge in [-0.15, -0.1) is 0 Å². The van der Waals surface area contributed by atoms with Crippen molar-refractivity contribution in [2.75, 3.05) is 11.9 Å². The minimum Gasteiger partial charge on any atom is -0.463 e. The van der Waals surface area contributed by atoms with Crippen LogP contribution < -0.4 is 5.32 Å². The van der Waals surface area contributed by atoms with Gasteiger partial charge in [-0.05, 0) is 25.1 Å². The zero-order chi connectivity index (χ0) is 14.4. The predicted molar refractivity (Wildman–Crippen MR) is 71.4 cm³/mol. The van der Waals surface area contributed by atoms with E-state index in [1.165, 1.54) is 25.1 Å². The summed E-state index contributed by atoms with van der Waals surface area (Å²) < 4.78 is 18.7. The maximum absolute atomic E-state index is 14.0. The molecule has 1 aromatic carbocycles. The van der Waals surface area contributed by atoms with Gasteiger partial charge in [-0.3, -0.25) is 4.79 Å². The van der Waals surface area contributed by atoms with Crippen LogP contribution in [0.25, 0.3) is 6.08 Å². The van der Waals surface area contributed by atoms with Crippen LogP contribution in [0, 0.1) is 5.82 Å². The summed E-state index contributed by atoms with van der Waals surface area (Å²) in [5.74, 6) is -1.70. The maximum atomic E-state index is 14.0. The number of rotatable bonds is 4. The smallest absolute Gasteiger partial charge is 0.330 e. The summed E-state index contributed by atoms with van der Waals surface area (Å²) in [5.41, 5.74) is 0.0152. The Bertz CT molecular complexity index is 529. The predicted octanol–water partition coefficient (Wildman–Crippen LogP) is 3.01. The van der Waals surface area contributed by atoms with E-state index in [-0.39, 0.29) is 22.9 Å². The van der Waals surface area contributed by atoms with Crippen molar-refractivity contribution in [3.63, 3.8) is 0 Å². The van der Waals surface area contributed by atoms with E-state index >= 15 is 0 Å². The van der Waals surface area contributed by atoms with Gasteiger partial charge < -0.3 is 10.1 Å². The second kappa shape index (κ2) is 6.89. The highest BCUT2D eigenvalue weighted by Crippen LogP contribution is 2.26. The molecule has 0 radical (unpaired) electrons. The standard InChI is InChI=1S/C13H13ClFNO3/c1-3-19-12(18)7-4-9-10(14)5-6-11(13(9)15)16-8(2)17/h4-7H,3H2,1-2H3,(H,16,17)/b7-4+. The Balaban J connectivity index is 3.05. The molecule has 1 aromatic rings. The van der Waals surface area contributed by atoms with Crippen molar-refractivity contribution < 1.29 is 18.7 Å². The molecule has 0 bridgehead atoms. The summed E-state index contributed by atoms with van der Waals surface area (Å²) in [7, 11) is 0. The molecule has 0 spiro atoms. The summed E-state index contributed by atoms with van der Waals surface area (Å²) in [5, 5.41) is 2.46. The molecule has 1 N–H and O–H groups in total. The molecular weight excluding hydrogens is 273 g/mol. The van der Waals surface area contributed by atoms with Crippen LogP contribution in [0.15, 0.2) is 18.2 Å². The number of amides is 1. The summed E-state index contributed by atoms with van der Waals surface area (Å²) in [6.07, 6.45) is 2.28. The largest absolute Gasteiger partial charge is 0.463 e. The average Bonchev–Trinajstić information content (AvgIpc) is 2.32. The second-order valence-corrected chi connectivity index (χ2v) is 4.00. The highest BCUT2D eigenvalue weighted by Gasteiger charge is 2.11. The number of nitrogens with one attached hydrogen (secondary N) is 1. The van der Waals surface area contributed by atoms with E-state index in [2.05, 4.69) is 10.1 Å². The van der Waals surface area contributed by atoms with Crippen LogP contribution >= 0.6 is 11.6 Å². The Hall–Kier alpha value is -1.88. The van der Waals surface area contributed by atoms with Crippen LogP contribution in [-0.2, 0) is 14.3 Å². The van der Waals surface area contributed by atoms with Crippen molar-refractivity contribution in [1.82, 2.24) is 0 Å². The van der Waals surface area contributed by atoms with E-state index in [1.54, 1.807) is 6.92 Å². The molecule has 0 aromatic heterocycles. The third kappa shape index (κ3) is 4.37. The molecule has 102 valence electrons. The molecule has 1 amide bonds. The Morgan fingerprint density at radius 2 is 2.16 bits per heavy atom. The zero-order valence-corrected chi connectivity index (χ0v) is 11.3. The molecule has 0 saturated carbocycles. The van der Waals surface area contributed by atoms with Crippen molar-refractivity contribution in [1.29, 1.82) is 0 Å². The Morgan fingerprint density at radius 3 is 2.74 bits per heavy atom. The number of hydrogen-bond acceptors (Lipinski definition) is 3. The second-order valence-electron chi connectivity index (χ2n) is 3.59. The van der Waals surface area contributed by atoms with Crippen molar-refractivity contribution in [2.24, 2.45) is 0 Å². The van der Waals surface area contributed by atoms with Crippen LogP contribution in [0.2, 0.25) is 5.02 Å². The SMILES string of the molecule is CCOC(=O)/C=C/c1c(Cl)ccc(NC(C)=O)c1F. The van der Waals surface area contributed by atoms with Crippen LogP contribution in [0.4, 0.5) is 10.1 Å². The van der Waals surface area contributed by atoms with Crippen LogP contribution in [0.1, 0.15) is 19.4 Å². The lowest BCUT2D eigenvalue weighted by Gasteiger charge is -2.07. The summed E-state index contributed by atoms with van der Waals surface area (Å²) >= 11 is 5.84. The number of benzene rings is 1. The number of halogens is 2. The molecule has 0 unspecified atom stereocenters. The fourth-order valence-electron chi connectivity index (χ4n) is 1.35. The number of hydrogen-bond donors (Lipinski definition) is 1. The number of esters is 1. The van der Waals surface area contributed by atoms with E-state index in [4.69, 9.17) is 11.6 Å². The first-order chi connectivity index (χ1) is 8.95. The molecule has 0 aliphatic carbocycles. The molecule has 6 heteroatoms. The zero-order valence-electron chi connectivity index (χ0n) is 10.5. The molecule has 0 aliphatic heterocycles. The fraction of sp³-hybridized carbons (Fsp3) is 0.231. The molecule has 0 aliphatic rings. The van der Waals surface area contributed by atoms with Gasteiger partial charge in [-0.25, -0.2) is 9.18 Å². The monoisotopic (exact) mass is 285 g/mol. The molecule has 1 rings (SSSR count). The van der Waals surface area contributed by atoms with Crippen LogP contribution in [-0.4, -0.2) is 18.5 Å². The number of carbonyl (C=O) groups is 2. The first-order valence-electron chi connectivity index (χ1n) is 5.56. The fourth-order valence-corrected chi connectivity index (χ4v) is 1.56. The molecule has 4 nitrogen and oxygen atoms in total. The first kappa shape index (κ1) is 15.2. The third-order valence-corrected chi connectivity index (χ3v) is 2.44. The Kier molecular flexibility index (Phi) is 5.51. The van der Waals surface area contributed by atoms with Crippen molar-refractivity contribution in [3.05, 3.63) is 34.6 Å². The van der Waals surface area contributed by atoms with Gasteiger partial charge in [0.2, 0.25) is 5.91 Å². The van der Waals surface area contributed by atoms with E-state index in [9.17, 15) is 14.0 Å². The van der Waals surface area contributed by atoms with Crippen molar-refractivity contribution in [2.45, 2.75) is 13.8 Å². The lowest BCUT2D eigenvalue weighted by atomic mass is 10.1. The van der Waals surface area contributed by atoms with Gasteiger partial charge in [0, 0.05) is 18.6 Å². The Labute approximate surface area is 115 Å². The highest BCUT2D eigenvalue weighted by molar-refractivity contribution is 6.32. The van der Waals surface area contributed by atoms with E-state index in [1.807, 2.05) is 0 Å². The van der Waals surface area contributed by atoms with Crippen molar-refractivity contribution in [3.8, 4) is 0 Å². The molecule has 19 heavy (non-hydrogen) atoms. The molecule has 0 saturated heterocycles. The molecule has 0 atom stereocenters. The van der Waals surface area contributed by atoms with E-state index in [0.717, 1.165) is 6.08 Å². The van der Waals surface area contributed by atoms with E-state index in [0.29, 0.717) is 0 Å². The number of anilines is 1. The summed E-state index contributed by atoms with van der Waals surface area (Å²) in [4.78, 5) is 22.1. The summed E-state index contributed by atoms with van der Waals surface area (Å²) in [6.45, 7) is 3.16. The third-order valence-electron chi connectivity index (χ3n) is 2.11. The molecule has 0 heterocycles. The number of carbonyl (C=O) groups excluding carboxylic acids is 2. The average molecular weight is 286 g/mol. The topological polar surface area (TPSA) is 55.4 Å². The van der Waals surface area contributed by atoms with Crippen LogP contribution in [0.3, 0.4) is 0 Å². The summed E-state index contributed by atoms with van der Waals surface area (Å²) in [6, 6.07) is 2.78. The van der Waals surface area contributed by atoms with Gasteiger partial charge in [0.25, 0.3) is 0 Å². The van der Waals surface area contributed by atoms with Gasteiger partial charge >= 0.3 is 5.97 Å². The van der Waals surface area contributed by atoms with Gasteiger partial charge in [0.1, 0.15) is 0 Å². The van der Waals surface area contributed by atoms with Gasteiger partial charge in [-0.1, -0.05) is 11.6 Å². The normalized spacial score (nSPS) is 10.5. The van der Waals surface area contributed by atoms with Gasteiger partial charge in [-0.2, -0.15) is 0 Å². The van der Waals surface area contributed by atoms with Gasteiger partial charge in [0.05, 0.1) is 17.3 Å². The van der Waals surface area contributed by atoms with Crippen molar-refractivity contribution >= 4 is 35.2 Å². The highest BCUT2D eigenvalue weighted by atomic mass is 35.5. The Morgan fingerprint density at radius 1 is 1.47 bits per heavy atom. The molecule has 0 fully saturated rings. The minimum atomic E-state index is -0.705. The van der Waals surface area contributed by atoms with Crippen LogP contribution in [0.5, 0.6) is 0 Å². The lowest BCUT2D eigenvalue weighted by Crippen LogP contribution is -2.08. The van der Waals surface area contributed by atoms with Gasteiger partial charge in [0.15, 0.2) is 5.82 Å². The first-order valence-corrected chi connectivity index (χ1v) is 5.94. The minimum absolute atomic E-state index is 0.000379. The number of ether oxygens (including phenoxy) is 1. The maximum Gasteiger partial charge on any atom is 0.330 e. The quantitative estimate of drug-likeness (QED) is 0.683. The molecular formula is C13H13ClFNO3. The van der Waals surface area contributed by atoms with E-state index < -0.39 is 17.7 Å².